The third kappa shape index (κ3) is 5.04. The molecular weight excluding hydrogens is 471 g/mol. The molecular formula is C18H20ClFN4O5S2. The van der Waals surface area contributed by atoms with Crippen LogP contribution in [-0.4, -0.2) is 81.0 Å². The predicted octanol–water partition coefficient (Wildman–Crippen LogP) is 1.03. The Kier molecular flexibility index (Phi) is 6.96. The van der Waals surface area contributed by atoms with Gasteiger partial charge in [-0.2, -0.15) is 8.61 Å². The molecule has 0 saturated carbocycles. The van der Waals surface area contributed by atoms with Gasteiger partial charge in [-0.25, -0.2) is 21.2 Å². The summed E-state index contributed by atoms with van der Waals surface area (Å²) in [5.74, 6) is -1.17. The Morgan fingerprint density at radius 2 is 1.81 bits per heavy atom. The molecule has 1 aliphatic heterocycles. The Morgan fingerprint density at radius 1 is 1.13 bits per heavy atom. The van der Waals surface area contributed by atoms with E-state index >= 15 is 0 Å². The number of carbonyl (C=O) groups excluding carboxylic acids is 1. The van der Waals surface area contributed by atoms with Crippen molar-refractivity contribution in [2.24, 2.45) is 0 Å². The minimum Gasteiger partial charge on any atom is -0.339 e. The van der Waals surface area contributed by atoms with E-state index in [1.165, 1.54) is 40.8 Å². The largest absolute Gasteiger partial charge is 0.339 e. The van der Waals surface area contributed by atoms with Gasteiger partial charge in [0.15, 0.2) is 0 Å². The molecule has 13 heteroatoms. The maximum absolute atomic E-state index is 13.3. The van der Waals surface area contributed by atoms with Gasteiger partial charge < -0.3 is 4.90 Å². The highest BCUT2D eigenvalue weighted by Crippen LogP contribution is 2.23. The molecule has 1 saturated heterocycles. The van der Waals surface area contributed by atoms with Gasteiger partial charge in [0, 0.05) is 45.6 Å². The molecule has 0 bridgehead atoms. The number of piperazine rings is 1. The lowest BCUT2D eigenvalue weighted by Crippen LogP contribution is -2.52. The van der Waals surface area contributed by atoms with E-state index in [-0.39, 0.29) is 41.0 Å². The Morgan fingerprint density at radius 3 is 2.39 bits per heavy atom. The van der Waals surface area contributed by atoms with Crippen LogP contribution in [0.5, 0.6) is 0 Å². The first-order valence-corrected chi connectivity index (χ1v) is 12.4. The summed E-state index contributed by atoms with van der Waals surface area (Å²) in [6.45, 7) is -0.177. The molecule has 0 radical (unpaired) electrons. The minimum absolute atomic E-state index is 0.0160. The van der Waals surface area contributed by atoms with Crippen molar-refractivity contribution >= 4 is 37.6 Å². The summed E-state index contributed by atoms with van der Waals surface area (Å²) in [4.78, 5) is 17.6. The maximum atomic E-state index is 13.3. The second-order valence-electron chi connectivity index (χ2n) is 6.81. The summed E-state index contributed by atoms with van der Waals surface area (Å²) in [7, 11) is -6.49. The van der Waals surface area contributed by atoms with Crippen molar-refractivity contribution in [3.63, 3.8) is 0 Å². The lowest BCUT2D eigenvalue weighted by molar-refractivity contribution is -0.132. The number of nitrogens with zero attached hydrogens (tertiary/aromatic N) is 4. The van der Waals surface area contributed by atoms with Crippen molar-refractivity contribution in [3.8, 4) is 0 Å². The van der Waals surface area contributed by atoms with E-state index in [4.69, 9.17) is 11.6 Å². The number of amides is 1. The number of pyridine rings is 1. The predicted molar refractivity (Wildman–Crippen MR) is 111 cm³/mol. The number of hydrogen-bond donors (Lipinski definition) is 0. The Hall–Kier alpha value is -2.12. The van der Waals surface area contributed by atoms with E-state index < -0.39 is 38.3 Å². The van der Waals surface area contributed by atoms with Crippen LogP contribution in [0.15, 0.2) is 52.5 Å². The normalized spacial score (nSPS) is 15.9. The van der Waals surface area contributed by atoms with Gasteiger partial charge in [0.05, 0.1) is 16.5 Å². The van der Waals surface area contributed by atoms with Gasteiger partial charge in [-0.15, -0.1) is 0 Å². The molecule has 0 N–H and O–H groups in total. The average Bonchev–Trinajstić information content (AvgIpc) is 2.76. The van der Waals surface area contributed by atoms with Crippen LogP contribution in [0.1, 0.15) is 0 Å². The lowest BCUT2D eigenvalue weighted by Gasteiger charge is -2.34. The monoisotopic (exact) mass is 490 g/mol. The molecule has 3 rings (SSSR count). The number of rotatable bonds is 6. The van der Waals surface area contributed by atoms with Crippen LogP contribution in [0, 0.1) is 5.82 Å². The van der Waals surface area contributed by atoms with E-state index in [1.807, 2.05) is 0 Å². The molecule has 0 aliphatic carbocycles. The van der Waals surface area contributed by atoms with Crippen molar-refractivity contribution in [3.05, 3.63) is 53.6 Å². The second kappa shape index (κ2) is 9.17. The smallest absolute Gasteiger partial charge is 0.244 e. The highest BCUT2D eigenvalue weighted by atomic mass is 35.5. The quantitative estimate of drug-likeness (QED) is 0.598. The molecule has 2 aromatic rings. The highest BCUT2D eigenvalue weighted by Gasteiger charge is 2.32. The molecule has 0 atom stereocenters. The van der Waals surface area contributed by atoms with Crippen LogP contribution < -0.4 is 0 Å². The first-order chi connectivity index (χ1) is 14.5. The van der Waals surface area contributed by atoms with Gasteiger partial charge in [-0.3, -0.25) is 9.78 Å². The van der Waals surface area contributed by atoms with Gasteiger partial charge in [0.1, 0.15) is 10.7 Å². The molecule has 1 aliphatic rings. The summed E-state index contributed by atoms with van der Waals surface area (Å²) in [5.41, 5.74) is 0. The molecule has 1 aromatic heterocycles. The summed E-state index contributed by atoms with van der Waals surface area (Å²) in [6, 6.07) is 6.02. The van der Waals surface area contributed by atoms with Gasteiger partial charge in [-0.1, -0.05) is 11.6 Å². The van der Waals surface area contributed by atoms with Gasteiger partial charge >= 0.3 is 0 Å². The Balaban J connectivity index is 1.62. The van der Waals surface area contributed by atoms with Gasteiger partial charge in [0.25, 0.3) is 0 Å². The molecule has 9 nitrogen and oxygen atoms in total. The van der Waals surface area contributed by atoms with E-state index in [0.29, 0.717) is 0 Å². The third-order valence-corrected chi connectivity index (χ3v) is 8.79. The van der Waals surface area contributed by atoms with Crippen LogP contribution in [0.25, 0.3) is 0 Å². The second-order valence-corrected chi connectivity index (χ2v) is 11.2. The lowest BCUT2D eigenvalue weighted by atomic mass is 10.3. The van der Waals surface area contributed by atoms with Gasteiger partial charge in [-0.05, 0) is 30.3 Å². The first-order valence-electron chi connectivity index (χ1n) is 9.13. The van der Waals surface area contributed by atoms with Crippen molar-refractivity contribution in [2.75, 3.05) is 39.8 Å². The number of likely N-dealkylation sites (N-methyl/N-ethyl adjacent to an activating group) is 1. The van der Waals surface area contributed by atoms with Crippen molar-refractivity contribution < 1.29 is 26.0 Å². The number of hydrogen-bond acceptors (Lipinski definition) is 6. The zero-order valence-electron chi connectivity index (χ0n) is 16.5. The average molecular weight is 491 g/mol. The number of halogens is 2. The molecule has 1 amide bonds. The minimum atomic E-state index is -3.90. The Labute approximate surface area is 185 Å². The summed E-state index contributed by atoms with van der Waals surface area (Å²) < 4.78 is 66.0. The zero-order chi connectivity index (χ0) is 22.8. The fraction of sp³-hybridized carbons (Fsp3) is 0.333. The Bertz CT molecular complexity index is 1170. The fourth-order valence-electron chi connectivity index (χ4n) is 3.02. The number of sulfonamides is 2. The van der Waals surface area contributed by atoms with E-state index in [0.717, 1.165) is 22.5 Å². The number of carbonyl (C=O) groups is 1. The first kappa shape index (κ1) is 23.5. The topological polar surface area (TPSA) is 108 Å². The summed E-state index contributed by atoms with van der Waals surface area (Å²) >= 11 is 5.68. The summed E-state index contributed by atoms with van der Waals surface area (Å²) in [6.07, 6.45) is 2.64. The van der Waals surface area contributed by atoms with Crippen LogP contribution in [0.3, 0.4) is 0 Å². The molecule has 0 unspecified atom stereocenters. The summed E-state index contributed by atoms with van der Waals surface area (Å²) in [5, 5.41) is -0.298. The number of aromatic nitrogens is 1. The SMILES string of the molecule is CN(CC(=O)N1CCN(S(=O)(=O)c2ccc(F)c(Cl)c2)CC1)S(=O)(=O)c1cccnc1. The molecule has 31 heavy (non-hydrogen) atoms. The molecule has 1 fully saturated rings. The number of benzene rings is 1. The standard InChI is InChI=1S/C18H20ClFN4O5S2/c1-22(30(26,27)15-3-2-6-21-12-15)13-18(25)23-7-9-24(10-8-23)31(28,29)14-4-5-17(20)16(19)11-14/h2-6,11-12H,7-10,13H2,1H3. The highest BCUT2D eigenvalue weighted by molar-refractivity contribution is 7.89. The van der Waals surface area contributed by atoms with Crippen molar-refractivity contribution in [1.82, 2.24) is 18.5 Å². The fourth-order valence-corrected chi connectivity index (χ4v) is 5.80. The van der Waals surface area contributed by atoms with E-state index in [2.05, 4.69) is 4.98 Å². The molecule has 0 spiro atoms. The molecule has 168 valence electrons. The van der Waals surface area contributed by atoms with E-state index in [1.54, 1.807) is 0 Å². The van der Waals surface area contributed by atoms with Crippen molar-refractivity contribution in [1.29, 1.82) is 0 Å². The third-order valence-electron chi connectivity index (χ3n) is 4.82. The van der Waals surface area contributed by atoms with Crippen molar-refractivity contribution in [2.45, 2.75) is 9.79 Å². The van der Waals surface area contributed by atoms with Crippen LogP contribution in [-0.2, 0) is 24.8 Å². The van der Waals surface area contributed by atoms with Crippen LogP contribution in [0.4, 0.5) is 4.39 Å². The van der Waals surface area contributed by atoms with E-state index in [9.17, 15) is 26.0 Å². The zero-order valence-corrected chi connectivity index (χ0v) is 18.9. The van der Waals surface area contributed by atoms with Crippen LogP contribution in [0.2, 0.25) is 5.02 Å². The molecule has 1 aromatic carbocycles. The van der Waals surface area contributed by atoms with Gasteiger partial charge in [0.2, 0.25) is 26.0 Å². The molecule has 2 heterocycles. The van der Waals surface area contributed by atoms with Crippen LogP contribution >= 0.6 is 11.6 Å². The maximum Gasteiger partial charge on any atom is 0.244 e.